The molecule has 0 aliphatic heterocycles. The number of aromatic hydroxyl groups is 1. The number of hydrogen-bond acceptors (Lipinski definition) is 5. The zero-order valence-corrected chi connectivity index (χ0v) is 10.1. The molecule has 0 spiro atoms. The van der Waals surface area contributed by atoms with Crippen LogP contribution in [-0.2, 0) is 0 Å². The lowest BCUT2D eigenvalue weighted by Gasteiger charge is -2.05. The Morgan fingerprint density at radius 2 is 2.11 bits per heavy atom. The standard InChI is InChI=1S/C13H10N2O2S/c16-9-3-4-10-11(6-9)18-13(15-10)12(17)8-2-1-5-14-7-8/h1-7,12,16-17H. The topological polar surface area (TPSA) is 66.2 Å². The minimum Gasteiger partial charge on any atom is -0.508 e. The summed E-state index contributed by atoms with van der Waals surface area (Å²) in [6, 6.07) is 8.55. The van der Waals surface area contributed by atoms with Gasteiger partial charge in [0.2, 0.25) is 0 Å². The highest BCUT2D eigenvalue weighted by atomic mass is 32.1. The summed E-state index contributed by atoms with van der Waals surface area (Å²) in [6.07, 6.45) is 2.50. The SMILES string of the molecule is Oc1ccc2nc(C(O)c3cccnc3)sc2c1. The van der Waals surface area contributed by atoms with Crippen LogP contribution in [0.15, 0.2) is 42.7 Å². The summed E-state index contributed by atoms with van der Waals surface area (Å²) < 4.78 is 0.855. The summed E-state index contributed by atoms with van der Waals surface area (Å²) in [5.41, 5.74) is 1.48. The molecule has 0 amide bonds. The van der Waals surface area contributed by atoms with Gasteiger partial charge in [0.25, 0.3) is 0 Å². The molecule has 0 radical (unpaired) electrons. The molecule has 0 aliphatic carbocycles. The number of nitrogens with zero attached hydrogens (tertiary/aromatic N) is 2. The Morgan fingerprint density at radius 1 is 1.22 bits per heavy atom. The highest BCUT2D eigenvalue weighted by molar-refractivity contribution is 7.18. The van der Waals surface area contributed by atoms with Crippen LogP contribution in [0.4, 0.5) is 0 Å². The van der Waals surface area contributed by atoms with Crippen molar-refractivity contribution in [2.45, 2.75) is 6.10 Å². The normalized spacial score (nSPS) is 12.7. The molecule has 1 aromatic carbocycles. The highest BCUT2D eigenvalue weighted by Crippen LogP contribution is 2.31. The van der Waals surface area contributed by atoms with E-state index >= 15 is 0 Å². The first-order valence-electron chi connectivity index (χ1n) is 5.41. The molecule has 0 fully saturated rings. The number of aliphatic hydroxyl groups is 1. The fourth-order valence-corrected chi connectivity index (χ4v) is 2.74. The fraction of sp³-hybridized carbons (Fsp3) is 0.0769. The van der Waals surface area contributed by atoms with Crippen molar-refractivity contribution in [3.05, 3.63) is 53.3 Å². The minimum absolute atomic E-state index is 0.202. The second-order valence-electron chi connectivity index (χ2n) is 3.89. The molecule has 3 aromatic rings. The Bertz CT molecular complexity index is 682. The van der Waals surface area contributed by atoms with Crippen LogP contribution in [0.3, 0.4) is 0 Å². The number of aromatic nitrogens is 2. The predicted octanol–water partition coefficient (Wildman–Crippen LogP) is 2.48. The van der Waals surface area contributed by atoms with E-state index in [0.717, 1.165) is 10.2 Å². The van der Waals surface area contributed by atoms with E-state index in [1.807, 2.05) is 0 Å². The second-order valence-corrected chi connectivity index (χ2v) is 4.96. The Labute approximate surface area is 107 Å². The van der Waals surface area contributed by atoms with Crippen LogP contribution in [0.1, 0.15) is 16.7 Å². The molecule has 1 atom stereocenters. The van der Waals surface area contributed by atoms with Gasteiger partial charge in [0, 0.05) is 18.0 Å². The molecule has 0 saturated heterocycles. The lowest BCUT2D eigenvalue weighted by atomic mass is 10.2. The van der Waals surface area contributed by atoms with E-state index < -0.39 is 6.10 Å². The first kappa shape index (κ1) is 11.1. The van der Waals surface area contributed by atoms with Crippen molar-refractivity contribution < 1.29 is 10.2 Å². The van der Waals surface area contributed by atoms with Crippen molar-refractivity contribution >= 4 is 21.6 Å². The Morgan fingerprint density at radius 3 is 2.89 bits per heavy atom. The molecule has 0 aliphatic rings. The monoisotopic (exact) mass is 258 g/mol. The Balaban J connectivity index is 2.04. The summed E-state index contributed by atoms with van der Waals surface area (Å²) in [7, 11) is 0. The summed E-state index contributed by atoms with van der Waals surface area (Å²) in [4.78, 5) is 8.34. The van der Waals surface area contributed by atoms with Crippen LogP contribution in [0.5, 0.6) is 5.75 Å². The molecule has 4 nitrogen and oxygen atoms in total. The fourth-order valence-electron chi connectivity index (χ4n) is 1.73. The zero-order valence-electron chi connectivity index (χ0n) is 9.32. The molecule has 3 rings (SSSR count). The number of fused-ring (bicyclic) bond motifs is 1. The van der Waals surface area contributed by atoms with Crippen molar-refractivity contribution in [2.24, 2.45) is 0 Å². The van der Waals surface area contributed by atoms with E-state index in [-0.39, 0.29) is 5.75 Å². The Hall–Kier alpha value is -1.98. The van der Waals surface area contributed by atoms with Crippen LogP contribution in [0.2, 0.25) is 0 Å². The van der Waals surface area contributed by atoms with Gasteiger partial charge < -0.3 is 10.2 Å². The van der Waals surface area contributed by atoms with Gasteiger partial charge in [-0.25, -0.2) is 4.98 Å². The largest absolute Gasteiger partial charge is 0.508 e. The second kappa shape index (κ2) is 4.36. The predicted molar refractivity (Wildman–Crippen MR) is 69.6 cm³/mol. The molecule has 0 saturated carbocycles. The van der Waals surface area contributed by atoms with Crippen LogP contribution < -0.4 is 0 Å². The van der Waals surface area contributed by atoms with Crippen LogP contribution >= 0.6 is 11.3 Å². The zero-order chi connectivity index (χ0) is 12.5. The third-order valence-corrected chi connectivity index (χ3v) is 3.69. The van der Waals surface area contributed by atoms with Gasteiger partial charge in [-0.05, 0) is 24.3 Å². The molecule has 18 heavy (non-hydrogen) atoms. The van der Waals surface area contributed by atoms with Gasteiger partial charge in [-0.3, -0.25) is 4.98 Å². The molecule has 5 heteroatoms. The average Bonchev–Trinajstić information content (AvgIpc) is 2.81. The number of phenolic OH excluding ortho intramolecular Hbond substituents is 1. The van der Waals surface area contributed by atoms with Gasteiger partial charge in [0.1, 0.15) is 16.9 Å². The number of pyridine rings is 1. The quantitative estimate of drug-likeness (QED) is 0.741. The highest BCUT2D eigenvalue weighted by Gasteiger charge is 2.15. The smallest absolute Gasteiger partial charge is 0.132 e. The number of phenols is 1. The molecule has 2 aromatic heterocycles. The van der Waals surface area contributed by atoms with Gasteiger partial charge in [-0.15, -0.1) is 11.3 Å². The van der Waals surface area contributed by atoms with Crippen LogP contribution in [0, 0.1) is 0 Å². The van der Waals surface area contributed by atoms with E-state index in [0.29, 0.717) is 10.6 Å². The number of aliphatic hydroxyl groups excluding tert-OH is 1. The lowest BCUT2D eigenvalue weighted by molar-refractivity contribution is 0.219. The summed E-state index contributed by atoms with van der Waals surface area (Å²) in [5, 5.41) is 20.2. The number of benzene rings is 1. The molecule has 2 N–H and O–H groups in total. The van der Waals surface area contributed by atoms with Crippen molar-refractivity contribution in [1.82, 2.24) is 9.97 Å². The summed E-state index contributed by atoms with van der Waals surface area (Å²) >= 11 is 1.37. The van der Waals surface area contributed by atoms with Gasteiger partial charge in [-0.2, -0.15) is 0 Å². The molecular weight excluding hydrogens is 248 g/mol. The number of hydrogen-bond donors (Lipinski definition) is 2. The van der Waals surface area contributed by atoms with E-state index in [1.54, 1.807) is 42.7 Å². The maximum absolute atomic E-state index is 10.2. The van der Waals surface area contributed by atoms with E-state index in [1.165, 1.54) is 11.3 Å². The van der Waals surface area contributed by atoms with E-state index in [4.69, 9.17) is 0 Å². The molecule has 0 bridgehead atoms. The first-order chi connectivity index (χ1) is 8.74. The van der Waals surface area contributed by atoms with Gasteiger partial charge in [0.05, 0.1) is 10.2 Å². The summed E-state index contributed by atoms with van der Waals surface area (Å²) in [6.45, 7) is 0. The first-order valence-corrected chi connectivity index (χ1v) is 6.23. The van der Waals surface area contributed by atoms with Crippen molar-refractivity contribution in [2.75, 3.05) is 0 Å². The minimum atomic E-state index is -0.779. The van der Waals surface area contributed by atoms with Crippen LogP contribution in [0.25, 0.3) is 10.2 Å². The average molecular weight is 258 g/mol. The van der Waals surface area contributed by atoms with Crippen LogP contribution in [-0.4, -0.2) is 20.2 Å². The third-order valence-electron chi connectivity index (χ3n) is 2.62. The molecule has 90 valence electrons. The van der Waals surface area contributed by atoms with Crippen molar-refractivity contribution in [3.63, 3.8) is 0 Å². The van der Waals surface area contributed by atoms with Gasteiger partial charge in [-0.1, -0.05) is 6.07 Å². The summed E-state index contributed by atoms with van der Waals surface area (Å²) in [5.74, 6) is 0.202. The Kier molecular flexibility index (Phi) is 2.70. The maximum atomic E-state index is 10.2. The molecule has 2 heterocycles. The third kappa shape index (κ3) is 1.94. The van der Waals surface area contributed by atoms with Crippen molar-refractivity contribution in [3.8, 4) is 5.75 Å². The molecular formula is C13H10N2O2S. The van der Waals surface area contributed by atoms with Gasteiger partial charge >= 0.3 is 0 Å². The molecule has 1 unspecified atom stereocenters. The van der Waals surface area contributed by atoms with E-state index in [9.17, 15) is 10.2 Å². The van der Waals surface area contributed by atoms with Crippen molar-refractivity contribution in [1.29, 1.82) is 0 Å². The lowest BCUT2D eigenvalue weighted by Crippen LogP contribution is -1.98. The van der Waals surface area contributed by atoms with E-state index in [2.05, 4.69) is 9.97 Å². The number of rotatable bonds is 2. The van der Waals surface area contributed by atoms with Gasteiger partial charge in [0.15, 0.2) is 0 Å². The number of thiazole rings is 1. The maximum Gasteiger partial charge on any atom is 0.132 e.